The summed E-state index contributed by atoms with van der Waals surface area (Å²) in [7, 11) is 0. The van der Waals surface area contributed by atoms with Crippen LogP contribution in [0.25, 0.3) is 0 Å². The zero-order chi connectivity index (χ0) is 16.5. The maximum absolute atomic E-state index is 4.68. The summed E-state index contributed by atoms with van der Waals surface area (Å²) in [6.45, 7) is 9.88. The first-order chi connectivity index (χ1) is 11.7. The van der Waals surface area contributed by atoms with E-state index in [9.17, 15) is 0 Å². The molecule has 4 rings (SSSR count). The van der Waals surface area contributed by atoms with Crippen LogP contribution in [0, 0.1) is 12.8 Å². The number of hydrogen-bond acceptors (Lipinski definition) is 3. The lowest BCUT2D eigenvalue weighted by molar-refractivity contribution is 0.155. The number of hydrogen-bond donors (Lipinski definition) is 0. The third kappa shape index (κ3) is 3.41. The van der Waals surface area contributed by atoms with Gasteiger partial charge in [0.2, 0.25) is 0 Å². The molecule has 130 valence electrons. The second kappa shape index (κ2) is 6.71. The lowest BCUT2D eigenvalue weighted by atomic mass is 9.97. The summed E-state index contributed by atoms with van der Waals surface area (Å²) in [5, 5.41) is 4.41. The van der Waals surface area contributed by atoms with Gasteiger partial charge in [0.15, 0.2) is 0 Å². The predicted molar refractivity (Wildman–Crippen MR) is 94.8 cm³/mol. The summed E-state index contributed by atoms with van der Waals surface area (Å²) >= 11 is 0. The van der Waals surface area contributed by atoms with E-state index in [1.54, 1.807) is 0 Å². The third-order valence-corrected chi connectivity index (χ3v) is 5.49. The van der Waals surface area contributed by atoms with Crippen molar-refractivity contribution in [3.05, 3.63) is 35.7 Å². The lowest BCUT2D eigenvalue weighted by Gasteiger charge is -2.33. The largest absolute Gasteiger partial charge is 0.332 e. The Labute approximate surface area is 144 Å². The van der Waals surface area contributed by atoms with Crippen molar-refractivity contribution < 1.29 is 0 Å². The lowest BCUT2D eigenvalue weighted by Crippen LogP contribution is -2.36. The molecule has 2 aromatic heterocycles. The van der Waals surface area contributed by atoms with Gasteiger partial charge >= 0.3 is 0 Å². The van der Waals surface area contributed by atoms with E-state index in [1.807, 2.05) is 10.9 Å². The number of likely N-dealkylation sites (tertiary alicyclic amines) is 1. The van der Waals surface area contributed by atoms with Crippen molar-refractivity contribution in [2.45, 2.75) is 65.1 Å². The normalized spacial score (nSPS) is 22.2. The van der Waals surface area contributed by atoms with Crippen LogP contribution in [0.15, 0.2) is 18.6 Å². The maximum Gasteiger partial charge on any atom is 0.111 e. The molecule has 24 heavy (non-hydrogen) atoms. The van der Waals surface area contributed by atoms with Crippen molar-refractivity contribution in [1.82, 2.24) is 24.2 Å². The van der Waals surface area contributed by atoms with Crippen LogP contribution in [0.5, 0.6) is 0 Å². The number of aryl methyl sites for hydroxylation is 2. The molecule has 0 aromatic carbocycles. The second-order valence-electron chi connectivity index (χ2n) is 7.59. The first kappa shape index (κ1) is 15.9. The first-order valence-electron chi connectivity index (χ1n) is 9.48. The molecule has 1 aliphatic carbocycles. The molecule has 5 heteroatoms. The number of aromatic nitrogens is 4. The molecule has 1 unspecified atom stereocenters. The summed E-state index contributed by atoms with van der Waals surface area (Å²) in [5.74, 6) is 2.82. The van der Waals surface area contributed by atoms with Gasteiger partial charge in [0.05, 0.1) is 6.20 Å². The van der Waals surface area contributed by atoms with Crippen LogP contribution >= 0.6 is 0 Å². The van der Waals surface area contributed by atoms with Gasteiger partial charge in [-0.2, -0.15) is 5.10 Å². The Hall–Kier alpha value is -1.62. The highest BCUT2D eigenvalue weighted by molar-refractivity contribution is 5.13. The molecule has 1 saturated heterocycles. The van der Waals surface area contributed by atoms with E-state index in [0.29, 0.717) is 0 Å². The van der Waals surface area contributed by atoms with Crippen LogP contribution < -0.4 is 0 Å². The van der Waals surface area contributed by atoms with Crippen LogP contribution in [0.1, 0.15) is 55.6 Å². The van der Waals surface area contributed by atoms with Crippen LogP contribution in [0.2, 0.25) is 0 Å². The van der Waals surface area contributed by atoms with Crippen molar-refractivity contribution in [2.75, 3.05) is 13.1 Å². The molecule has 0 bridgehead atoms. The molecule has 0 N–H and O–H groups in total. The monoisotopic (exact) mass is 327 g/mol. The van der Waals surface area contributed by atoms with E-state index in [0.717, 1.165) is 31.5 Å². The number of nitrogens with zero attached hydrogens (tertiary/aromatic N) is 5. The Kier molecular flexibility index (Phi) is 4.44. The fraction of sp³-hybridized carbons (Fsp3) is 0.684. The quantitative estimate of drug-likeness (QED) is 0.818. The Morgan fingerprint density at radius 2 is 2.08 bits per heavy atom. The third-order valence-electron chi connectivity index (χ3n) is 5.49. The van der Waals surface area contributed by atoms with E-state index < -0.39 is 0 Å². The number of imidazole rings is 1. The van der Waals surface area contributed by atoms with Gasteiger partial charge in [0.25, 0.3) is 0 Å². The van der Waals surface area contributed by atoms with E-state index in [1.165, 1.54) is 55.9 Å². The van der Waals surface area contributed by atoms with E-state index in [2.05, 4.69) is 45.8 Å². The first-order valence-corrected chi connectivity index (χ1v) is 9.48. The van der Waals surface area contributed by atoms with Crippen LogP contribution in [0.3, 0.4) is 0 Å². The van der Waals surface area contributed by atoms with Gasteiger partial charge in [-0.05, 0) is 52.0 Å². The van der Waals surface area contributed by atoms with Gasteiger partial charge in [0.1, 0.15) is 5.82 Å². The summed E-state index contributed by atoms with van der Waals surface area (Å²) in [4.78, 5) is 7.29. The fourth-order valence-electron chi connectivity index (χ4n) is 4.01. The summed E-state index contributed by atoms with van der Waals surface area (Å²) < 4.78 is 4.52. The van der Waals surface area contributed by atoms with Crippen LogP contribution in [-0.2, 0) is 19.6 Å². The van der Waals surface area contributed by atoms with E-state index in [4.69, 9.17) is 0 Å². The standard InChI is InChI=1S/C19H29N5/c1-3-23-13-17(10-21-23)12-22-8-4-5-16(11-22)14-24-15(2)9-20-19(24)18-6-7-18/h9-10,13,16,18H,3-8,11-12,14H2,1-2H3. The van der Waals surface area contributed by atoms with Gasteiger partial charge in [-0.1, -0.05) is 0 Å². The Bertz CT molecular complexity index is 682. The smallest absolute Gasteiger partial charge is 0.111 e. The molecule has 2 fully saturated rings. The van der Waals surface area contributed by atoms with E-state index in [-0.39, 0.29) is 0 Å². The zero-order valence-corrected chi connectivity index (χ0v) is 15.0. The maximum atomic E-state index is 4.68. The van der Waals surface area contributed by atoms with Crippen molar-refractivity contribution >= 4 is 0 Å². The van der Waals surface area contributed by atoms with Crippen molar-refractivity contribution in [2.24, 2.45) is 5.92 Å². The number of rotatable bonds is 6. The molecule has 0 spiro atoms. The van der Waals surface area contributed by atoms with Gasteiger partial charge < -0.3 is 4.57 Å². The van der Waals surface area contributed by atoms with Gasteiger partial charge in [-0.15, -0.1) is 0 Å². The van der Waals surface area contributed by atoms with Gasteiger partial charge in [-0.3, -0.25) is 9.58 Å². The van der Waals surface area contributed by atoms with Crippen molar-refractivity contribution in [1.29, 1.82) is 0 Å². The van der Waals surface area contributed by atoms with Gasteiger partial charge in [0, 0.05) is 55.7 Å². The zero-order valence-electron chi connectivity index (χ0n) is 15.0. The Morgan fingerprint density at radius 1 is 1.21 bits per heavy atom. The van der Waals surface area contributed by atoms with Crippen LogP contribution in [0.4, 0.5) is 0 Å². The number of piperidine rings is 1. The van der Waals surface area contributed by atoms with Crippen molar-refractivity contribution in [3.8, 4) is 0 Å². The van der Waals surface area contributed by atoms with Gasteiger partial charge in [-0.25, -0.2) is 4.98 Å². The SMILES string of the molecule is CCn1cc(CN2CCCC(Cn3c(C)cnc3C3CC3)C2)cn1. The topological polar surface area (TPSA) is 38.9 Å². The summed E-state index contributed by atoms with van der Waals surface area (Å²) in [6, 6.07) is 0. The minimum atomic E-state index is 0.735. The molecule has 1 atom stereocenters. The average molecular weight is 327 g/mol. The summed E-state index contributed by atoms with van der Waals surface area (Å²) in [5.41, 5.74) is 2.67. The highest BCUT2D eigenvalue weighted by atomic mass is 15.3. The fourth-order valence-corrected chi connectivity index (χ4v) is 4.01. The molecule has 0 amide bonds. The predicted octanol–water partition coefficient (Wildman–Crippen LogP) is 3.20. The minimum Gasteiger partial charge on any atom is -0.332 e. The molecular weight excluding hydrogens is 298 g/mol. The Morgan fingerprint density at radius 3 is 2.83 bits per heavy atom. The molecule has 0 radical (unpaired) electrons. The molecular formula is C19H29N5. The minimum absolute atomic E-state index is 0.735. The van der Waals surface area contributed by atoms with Crippen molar-refractivity contribution in [3.63, 3.8) is 0 Å². The van der Waals surface area contributed by atoms with Crippen LogP contribution in [-0.4, -0.2) is 37.3 Å². The summed E-state index contributed by atoms with van der Waals surface area (Å²) in [6.07, 6.45) is 11.6. The second-order valence-corrected chi connectivity index (χ2v) is 7.59. The van der Waals surface area contributed by atoms with E-state index >= 15 is 0 Å². The molecule has 1 aliphatic heterocycles. The molecule has 1 saturated carbocycles. The molecule has 5 nitrogen and oxygen atoms in total. The molecule has 3 heterocycles. The molecule has 2 aromatic rings. The molecule has 2 aliphatic rings. The average Bonchev–Trinajstić information content (AvgIpc) is 3.23. The highest BCUT2D eigenvalue weighted by Crippen LogP contribution is 2.40. The Balaban J connectivity index is 1.39. The highest BCUT2D eigenvalue weighted by Gasteiger charge is 2.30.